The van der Waals surface area contributed by atoms with E-state index >= 15 is 0 Å². The minimum Gasteiger partial charge on any atom is -0.375 e. The molecule has 0 aromatic heterocycles. The topological polar surface area (TPSA) is 58.9 Å². The van der Waals surface area contributed by atoms with Crippen molar-refractivity contribution in [3.63, 3.8) is 0 Å². The van der Waals surface area contributed by atoms with E-state index in [1.807, 2.05) is 26.8 Å². The molecule has 0 radical (unpaired) electrons. The molecule has 0 heterocycles. The van der Waals surface area contributed by atoms with Crippen molar-refractivity contribution in [1.82, 2.24) is 0 Å². The molecule has 4 nitrogen and oxygen atoms in total. The average molecular weight is 278 g/mol. The maximum absolute atomic E-state index is 8.94. The van der Waals surface area contributed by atoms with Gasteiger partial charge in [-0.2, -0.15) is 0 Å². The zero-order valence-corrected chi connectivity index (χ0v) is 13.0. The van der Waals surface area contributed by atoms with Gasteiger partial charge in [-0.1, -0.05) is 19.9 Å². The molecule has 0 aliphatic carbocycles. The molecule has 0 rings (SSSR count). The average Bonchev–Trinajstić information content (AvgIpc) is 2.24. The Bertz CT molecular complexity index is 255. The zero-order valence-electron chi connectivity index (χ0n) is 12.1. The van der Waals surface area contributed by atoms with Crippen LogP contribution in [0.25, 0.3) is 0 Å². The summed E-state index contributed by atoms with van der Waals surface area (Å²) >= 11 is 0. The van der Waals surface area contributed by atoms with Crippen molar-refractivity contribution < 1.29 is 19.0 Å². The molecule has 0 bridgehead atoms. The molecule has 2 N–H and O–H groups in total. The third kappa shape index (κ3) is 6.26. The Balaban J connectivity index is 4.38. The third-order valence-corrected chi connectivity index (χ3v) is 4.14. The summed E-state index contributed by atoms with van der Waals surface area (Å²) in [6.07, 6.45) is 3.56. The van der Waals surface area contributed by atoms with Crippen molar-refractivity contribution in [2.24, 2.45) is 5.92 Å². The lowest BCUT2D eigenvalue weighted by atomic mass is 9.93. The van der Waals surface area contributed by atoms with Gasteiger partial charge in [0.05, 0.1) is 17.8 Å². The SMILES string of the molecule is C=CCC(C)(CC)OCC(C)C(C)(C)OP(O)O. The summed E-state index contributed by atoms with van der Waals surface area (Å²) in [5, 5.41) is 0. The van der Waals surface area contributed by atoms with E-state index in [1.54, 1.807) is 0 Å². The summed E-state index contributed by atoms with van der Waals surface area (Å²) in [7, 11) is -2.34. The molecular formula is C13H27O4P. The molecule has 0 fully saturated rings. The first-order chi connectivity index (χ1) is 8.17. The van der Waals surface area contributed by atoms with Gasteiger partial charge in [-0.25, -0.2) is 0 Å². The highest BCUT2D eigenvalue weighted by Crippen LogP contribution is 2.37. The molecule has 2 unspecified atom stereocenters. The van der Waals surface area contributed by atoms with Crippen LogP contribution in [0.15, 0.2) is 12.7 Å². The van der Waals surface area contributed by atoms with Crippen LogP contribution in [0, 0.1) is 5.92 Å². The van der Waals surface area contributed by atoms with Gasteiger partial charge < -0.3 is 19.0 Å². The Morgan fingerprint density at radius 1 is 1.33 bits per heavy atom. The number of ether oxygens (including phenoxy) is 1. The quantitative estimate of drug-likeness (QED) is 0.501. The fraction of sp³-hybridized carbons (Fsp3) is 0.846. The summed E-state index contributed by atoms with van der Waals surface area (Å²) in [6.45, 7) is 14.0. The lowest BCUT2D eigenvalue weighted by Crippen LogP contribution is -2.37. The van der Waals surface area contributed by atoms with Crippen molar-refractivity contribution in [3.8, 4) is 0 Å². The molecule has 18 heavy (non-hydrogen) atoms. The van der Waals surface area contributed by atoms with Gasteiger partial charge in [0.2, 0.25) is 0 Å². The van der Waals surface area contributed by atoms with E-state index in [2.05, 4.69) is 20.4 Å². The van der Waals surface area contributed by atoms with Crippen molar-refractivity contribution >= 4 is 8.60 Å². The molecular weight excluding hydrogens is 251 g/mol. The minimum absolute atomic E-state index is 0.0532. The third-order valence-electron chi connectivity index (χ3n) is 3.51. The van der Waals surface area contributed by atoms with E-state index < -0.39 is 14.2 Å². The number of hydrogen-bond acceptors (Lipinski definition) is 4. The molecule has 5 heteroatoms. The van der Waals surface area contributed by atoms with Crippen LogP contribution >= 0.6 is 8.60 Å². The van der Waals surface area contributed by atoms with E-state index in [4.69, 9.17) is 19.0 Å². The molecule has 0 aromatic carbocycles. The van der Waals surface area contributed by atoms with Crippen LogP contribution < -0.4 is 0 Å². The summed E-state index contributed by atoms with van der Waals surface area (Å²) in [6, 6.07) is 0. The lowest BCUT2D eigenvalue weighted by molar-refractivity contribution is -0.0798. The molecule has 0 aliphatic heterocycles. The Hall–Kier alpha value is 0.0100. The number of hydrogen-bond donors (Lipinski definition) is 2. The van der Waals surface area contributed by atoms with Gasteiger partial charge in [-0.05, 0) is 33.6 Å². The van der Waals surface area contributed by atoms with E-state index in [1.165, 1.54) is 0 Å². The summed E-state index contributed by atoms with van der Waals surface area (Å²) < 4.78 is 11.1. The van der Waals surface area contributed by atoms with Gasteiger partial charge in [0.25, 0.3) is 0 Å². The van der Waals surface area contributed by atoms with Gasteiger partial charge in [-0.15, -0.1) is 6.58 Å². The fourth-order valence-electron chi connectivity index (χ4n) is 1.44. The second-order valence-corrected chi connectivity index (χ2v) is 6.14. The molecule has 0 amide bonds. The monoisotopic (exact) mass is 278 g/mol. The second-order valence-electron chi connectivity index (χ2n) is 5.46. The number of rotatable bonds is 9. The van der Waals surface area contributed by atoms with Gasteiger partial charge in [0, 0.05) is 5.92 Å². The van der Waals surface area contributed by atoms with Crippen molar-refractivity contribution in [2.75, 3.05) is 6.61 Å². The highest BCUT2D eigenvalue weighted by Gasteiger charge is 2.32. The van der Waals surface area contributed by atoms with Crippen LogP contribution in [0.2, 0.25) is 0 Å². The Morgan fingerprint density at radius 3 is 2.28 bits per heavy atom. The van der Waals surface area contributed by atoms with Crippen LogP contribution in [0.3, 0.4) is 0 Å². The second kappa shape index (κ2) is 7.56. The van der Waals surface area contributed by atoms with Crippen LogP contribution in [-0.2, 0) is 9.26 Å². The fourth-order valence-corrected chi connectivity index (χ4v) is 2.04. The van der Waals surface area contributed by atoms with E-state index in [-0.39, 0.29) is 11.5 Å². The largest absolute Gasteiger partial charge is 0.375 e. The zero-order chi connectivity index (χ0) is 14.4. The van der Waals surface area contributed by atoms with Crippen LogP contribution in [0.5, 0.6) is 0 Å². The minimum atomic E-state index is -2.34. The van der Waals surface area contributed by atoms with Gasteiger partial charge in [0.15, 0.2) is 0 Å². The van der Waals surface area contributed by atoms with Gasteiger partial charge >= 0.3 is 8.60 Å². The highest BCUT2D eigenvalue weighted by atomic mass is 31.2. The summed E-state index contributed by atoms with van der Waals surface area (Å²) in [5.41, 5.74) is -0.840. The van der Waals surface area contributed by atoms with Gasteiger partial charge in [0.1, 0.15) is 0 Å². The van der Waals surface area contributed by atoms with Crippen molar-refractivity contribution in [1.29, 1.82) is 0 Å². The molecule has 0 aromatic rings. The Kier molecular flexibility index (Phi) is 7.57. The normalized spacial score (nSPS) is 17.6. The first-order valence-electron chi connectivity index (χ1n) is 6.28. The summed E-state index contributed by atoms with van der Waals surface area (Å²) in [4.78, 5) is 17.9. The molecule has 0 spiro atoms. The predicted molar refractivity (Wildman–Crippen MR) is 75.1 cm³/mol. The lowest BCUT2D eigenvalue weighted by Gasteiger charge is -2.35. The smallest absolute Gasteiger partial charge is 0.327 e. The van der Waals surface area contributed by atoms with E-state index in [9.17, 15) is 0 Å². The molecule has 0 saturated heterocycles. The molecule has 0 saturated carbocycles. The molecule has 2 atom stereocenters. The van der Waals surface area contributed by atoms with Crippen molar-refractivity contribution in [3.05, 3.63) is 12.7 Å². The van der Waals surface area contributed by atoms with Crippen LogP contribution in [0.4, 0.5) is 0 Å². The Labute approximate surface area is 112 Å². The van der Waals surface area contributed by atoms with Crippen LogP contribution in [0.1, 0.15) is 47.5 Å². The van der Waals surface area contributed by atoms with E-state index in [0.29, 0.717) is 6.61 Å². The van der Waals surface area contributed by atoms with Crippen molar-refractivity contribution in [2.45, 2.75) is 58.7 Å². The van der Waals surface area contributed by atoms with Gasteiger partial charge in [-0.3, -0.25) is 0 Å². The van der Waals surface area contributed by atoms with E-state index in [0.717, 1.165) is 12.8 Å². The first kappa shape index (κ1) is 18.0. The first-order valence-corrected chi connectivity index (χ1v) is 7.45. The standard InChI is InChI=1S/C13H27O4P/c1-7-9-13(6,8-2)16-10-11(3)12(4,5)17-18(14)15/h7,11,14-15H,1,8-10H2,2-6H3. The van der Waals surface area contributed by atoms with Crippen LogP contribution in [-0.4, -0.2) is 27.6 Å². The maximum Gasteiger partial charge on any atom is 0.327 e. The highest BCUT2D eigenvalue weighted by molar-refractivity contribution is 7.39. The predicted octanol–water partition coefficient (Wildman–Crippen LogP) is 3.39. The molecule has 0 aliphatic rings. The molecule has 108 valence electrons. The Morgan fingerprint density at radius 2 is 1.89 bits per heavy atom. The summed E-state index contributed by atoms with van der Waals surface area (Å²) in [5.74, 6) is 0.0532. The maximum atomic E-state index is 8.94.